The van der Waals surface area contributed by atoms with Crippen LogP contribution in [-0.4, -0.2) is 130 Å². The second-order valence-electron chi connectivity index (χ2n) is 14.5. The summed E-state index contributed by atoms with van der Waals surface area (Å²) >= 11 is 1.88. The van der Waals surface area contributed by atoms with Crippen LogP contribution in [0.25, 0.3) is 0 Å². The molecule has 4 aliphatic heterocycles. The van der Waals surface area contributed by atoms with Gasteiger partial charge in [0.2, 0.25) is 11.8 Å². The van der Waals surface area contributed by atoms with Gasteiger partial charge in [0.1, 0.15) is 24.2 Å². The van der Waals surface area contributed by atoms with Crippen molar-refractivity contribution in [2.24, 2.45) is 11.8 Å². The van der Waals surface area contributed by atoms with Gasteiger partial charge in [-0.05, 0) is 63.7 Å². The minimum Gasteiger partial charge on any atom is -0.480 e. The summed E-state index contributed by atoms with van der Waals surface area (Å²) in [6, 6.07) is -2.93. The fourth-order valence-electron chi connectivity index (χ4n) is 8.37. The van der Waals surface area contributed by atoms with Crippen LogP contribution in [0.4, 0.5) is 4.79 Å². The van der Waals surface area contributed by atoms with Crippen molar-refractivity contribution in [3.63, 3.8) is 0 Å². The quantitative estimate of drug-likeness (QED) is 0.157. The van der Waals surface area contributed by atoms with E-state index in [9.17, 15) is 29.1 Å². The molecule has 3 unspecified atom stereocenters. The van der Waals surface area contributed by atoms with Crippen LogP contribution < -0.4 is 32.1 Å². The van der Waals surface area contributed by atoms with Gasteiger partial charge in [0.15, 0.2) is 0 Å². The predicted octanol–water partition coefficient (Wildman–Crippen LogP) is 0.118. The number of ether oxygens (including phenoxy) is 1. The number of nitrogens with zero attached hydrogens (tertiary/aromatic N) is 2. The molecule has 3 saturated heterocycles. The van der Waals surface area contributed by atoms with Crippen LogP contribution in [0.15, 0.2) is 12.2 Å². The van der Waals surface area contributed by atoms with E-state index in [1.165, 1.54) is 4.90 Å². The van der Waals surface area contributed by atoms with Crippen molar-refractivity contribution in [2.45, 2.75) is 118 Å². The van der Waals surface area contributed by atoms with Crippen LogP contribution in [0.3, 0.4) is 0 Å². The van der Waals surface area contributed by atoms with Gasteiger partial charge in [-0.2, -0.15) is 5.12 Å². The first-order chi connectivity index (χ1) is 24.1. The van der Waals surface area contributed by atoms with Crippen LogP contribution in [0.1, 0.15) is 70.6 Å². The Bertz CT molecular complexity index is 1310. The lowest BCUT2D eigenvalue weighted by molar-refractivity contribution is -0.145. The zero-order chi connectivity index (χ0) is 35.4. The van der Waals surface area contributed by atoms with Crippen LogP contribution in [0, 0.1) is 11.8 Å². The summed E-state index contributed by atoms with van der Waals surface area (Å²) < 4.78 is 5.63. The Balaban J connectivity index is 1.25. The minimum absolute atomic E-state index is 0.0656. The van der Waals surface area contributed by atoms with Crippen molar-refractivity contribution in [3.05, 3.63) is 12.2 Å². The standard InChI is InChI=1S/C33H52N8O8S/c1-49-22-11-9-19(10-12-22)26-27(29-34-13-14-50-29)39-41(38-26)21-15-24-28(44)37-33(31(46)47)16-20(33)7-5-3-2-4-6-8-23(30(45)40(24)18-21)36-32(48)35-17-25(42)43/h5,7,19-24,26-27,29,34,38-39H,2-4,6,8-18H2,1H3,(H,37,44)(H,42,43)(H,46,47)(H2,35,36,48)/b7-5-/t19?,20-,21-,22?,23+,24+,26?,27?,29?,33-/m1/s1. The number of amides is 4. The maximum atomic E-state index is 14.4. The lowest BCUT2D eigenvalue weighted by Crippen LogP contribution is -2.57. The molecule has 0 bridgehead atoms. The average molecular weight is 721 g/mol. The minimum atomic E-state index is -1.43. The van der Waals surface area contributed by atoms with Gasteiger partial charge in [0, 0.05) is 37.9 Å². The third kappa shape index (κ3) is 8.23. The average Bonchev–Trinajstić information content (AvgIpc) is 3.56. The van der Waals surface area contributed by atoms with E-state index in [0.29, 0.717) is 18.8 Å². The van der Waals surface area contributed by atoms with E-state index < -0.39 is 54.0 Å². The topological polar surface area (TPSA) is 214 Å². The second-order valence-corrected chi connectivity index (χ2v) is 15.8. The summed E-state index contributed by atoms with van der Waals surface area (Å²) in [7, 11) is 1.76. The molecular formula is C33H52N8O8S. The fraction of sp³-hybridized carbons (Fsp3) is 0.788. The van der Waals surface area contributed by atoms with Crippen molar-refractivity contribution >= 4 is 41.5 Å². The second kappa shape index (κ2) is 16.2. The Kier molecular flexibility index (Phi) is 11.9. The van der Waals surface area contributed by atoms with Crippen LogP contribution in [-0.2, 0) is 23.9 Å². The number of aliphatic carboxylic acids is 2. The number of carboxylic acids is 2. The maximum absolute atomic E-state index is 14.4. The smallest absolute Gasteiger partial charge is 0.330 e. The van der Waals surface area contributed by atoms with Gasteiger partial charge in [-0.3, -0.25) is 14.4 Å². The summed E-state index contributed by atoms with van der Waals surface area (Å²) in [6.07, 6.45) is 11.9. The first-order valence-corrected chi connectivity index (χ1v) is 19.1. The molecule has 0 aromatic rings. The number of nitrogens with one attached hydrogen (secondary N) is 6. The highest BCUT2D eigenvalue weighted by atomic mass is 32.2. The van der Waals surface area contributed by atoms with E-state index in [1.54, 1.807) is 7.11 Å². The van der Waals surface area contributed by atoms with Crippen molar-refractivity contribution in [3.8, 4) is 0 Å². The molecule has 4 heterocycles. The number of thioether (sulfide) groups is 1. The van der Waals surface area contributed by atoms with E-state index in [2.05, 4.69) is 32.1 Å². The first kappa shape index (κ1) is 36.8. The Morgan fingerprint density at radius 2 is 1.84 bits per heavy atom. The number of hydrogen-bond acceptors (Lipinski definition) is 11. The Morgan fingerprint density at radius 3 is 2.54 bits per heavy atom. The highest BCUT2D eigenvalue weighted by Crippen LogP contribution is 2.45. The van der Waals surface area contributed by atoms with Gasteiger partial charge in [-0.25, -0.2) is 20.4 Å². The summed E-state index contributed by atoms with van der Waals surface area (Å²) in [4.78, 5) is 66.2. The molecule has 0 aromatic carbocycles. The zero-order valence-corrected chi connectivity index (χ0v) is 29.4. The molecule has 50 heavy (non-hydrogen) atoms. The number of carboxylic acid groups (broad SMARTS) is 2. The van der Waals surface area contributed by atoms with Gasteiger partial charge >= 0.3 is 18.0 Å². The van der Waals surface area contributed by atoms with E-state index in [4.69, 9.17) is 9.84 Å². The van der Waals surface area contributed by atoms with Gasteiger partial charge < -0.3 is 41.1 Å². The molecule has 8 N–H and O–H groups in total. The molecule has 2 saturated carbocycles. The largest absolute Gasteiger partial charge is 0.480 e. The molecule has 5 fully saturated rings. The molecule has 6 rings (SSSR count). The number of fused-ring (bicyclic) bond motifs is 2. The molecule has 8 atom stereocenters. The van der Waals surface area contributed by atoms with Crippen molar-refractivity contribution in [1.29, 1.82) is 0 Å². The lowest BCUT2D eigenvalue weighted by Gasteiger charge is -2.35. The van der Waals surface area contributed by atoms with Crippen LogP contribution >= 0.6 is 11.8 Å². The lowest BCUT2D eigenvalue weighted by atomic mass is 9.80. The van der Waals surface area contributed by atoms with Crippen LogP contribution in [0.5, 0.6) is 0 Å². The summed E-state index contributed by atoms with van der Waals surface area (Å²) in [6.45, 7) is 0.473. The van der Waals surface area contributed by atoms with Crippen LogP contribution in [0.2, 0.25) is 0 Å². The van der Waals surface area contributed by atoms with Crippen molar-refractivity contribution in [2.75, 3.05) is 32.5 Å². The molecule has 6 aliphatic rings. The molecule has 0 aromatic heterocycles. The number of methoxy groups -OCH3 is 1. The molecule has 4 amide bonds. The maximum Gasteiger partial charge on any atom is 0.330 e. The number of carbonyl (C=O) groups excluding carboxylic acids is 3. The highest BCUT2D eigenvalue weighted by molar-refractivity contribution is 8.00. The molecule has 17 heteroatoms. The predicted molar refractivity (Wildman–Crippen MR) is 183 cm³/mol. The Labute approximate surface area is 296 Å². The van der Waals surface area contributed by atoms with Gasteiger partial charge in [-0.15, -0.1) is 11.8 Å². The number of carbonyl (C=O) groups is 5. The van der Waals surface area contributed by atoms with Gasteiger partial charge in [-0.1, -0.05) is 25.0 Å². The molecule has 0 spiro atoms. The number of urea groups is 1. The number of hydrogen-bond donors (Lipinski definition) is 8. The fourth-order valence-corrected chi connectivity index (χ4v) is 9.54. The molecular weight excluding hydrogens is 668 g/mol. The van der Waals surface area contributed by atoms with E-state index in [0.717, 1.165) is 57.2 Å². The summed E-state index contributed by atoms with van der Waals surface area (Å²) in [5.74, 6) is -2.25. The van der Waals surface area contributed by atoms with Crippen molar-refractivity contribution in [1.82, 2.24) is 42.1 Å². The summed E-state index contributed by atoms with van der Waals surface area (Å²) in [5, 5.41) is 32.8. The number of hydrazine groups is 2. The molecule has 278 valence electrons. The van der Waals surface area contributed by atoms with E-state index >= 15 is 0 Å². The normalized spacial score (nSPS) is 39.0. The monoisotopic (exact) mass is 720 g/mol. The number of allylic oxidation sites excluding steroid dienone is 1. The summed E-state index contributed by atoms with van der Waals surface area (Å²) in [5.41, 5.74) is 6.00. The Hall–Kier alpha value is -2.96. The van der Waals surface area contributed by atoms with Crippen molar-refractivity contribution < 1.29 is 38.9 Å². The van der Waals surface area contributed by atoms with E-state index in [-0.39, 0.29) is 54.9 Å². The SMILES string of the molecule is COC1CCC(C2NN([C@@H]3C[C@H]4C(=O)N[C@]5(C(=O)O)C[C@H]5/C=C\CCCCC[C@H](NC(=O)NCC(=O)O)C(=O)N4C3)NC2C2NCCS2)CC1. The zero-order valence-electron chi connectivity index (χ0n) is 28.6. The first-order valence-electron chi connectivity index (χ1n) is 18.1. The third-order valence-electron chi connectivity index (χ3n) is 11.3. The highest BCUT2D eigenvalue weighted by Gasteiger charge is 2.61. The molecule has 16 nitrogen and oxygen atoms in total. The van der Waals surface area contributed by atoms with E-state index in [1.807, 2.05) is 29.0 Å². The van der Waals surface area contributed by atoms with Gasteiger partial charge in [0.05, 0.1) is 23.6 Å². The molecule has 0 radical (unpaired) electrons. The number of rotatable bonds is 8. The molecule has 2 aliphatic carbocycles. The van der Waals surface area contributed by atoms with Gasteiger partial charge in [0.25, 0.3) is 0 Å². The third-order valence-corrected chi connectivity index (χ3v) is 12.6. The Morgan fingerprint density at radius 1 is 1.06 bits per heavy atom.